The molecule has 0 bridgehead atoms. The predicted octanol–water partition coefficient (Wildman–Crippen LogP) is 0.120. The number of amides is 1. The fraction of sp³-hybridized carbons (Fsp3) is 0.444. The van der Waals surface area contributed by atoms with Crippen molar-refractivity contribution < 1.29 is 4.79 Å². The molecule has 0 spiro atoms. The first-order valence-corrected chi connectivity index (χ1v) is 5.91. The average molecular weight is 224 g/mol. The van der Waals surface area contributed by atoms with Crippen molar-refractivity contribution in [2.45, 2.75) is 6.04 Å². The van der Waals surface area contributed by atoms with E-state index in [9.17, 15) is 4.79 Å². The predicted molar refractivity (Wildman–Crippen MR) is 59.8 cm³/mol. The van der Waals surface area contributed by atoms with Crippen LogP contribution in [0, 0.1) is 0 Å². The largest absolute Gasteiger partial charge is 0.304 e. The maximum atomic E-state index is 11.7. The smallest absolute Gasteiger partial charge is 0.244 e. The van der Waals surface area contributed by atoms with Gasteiger partial charge in [0, 0.05) is 30.4 Å². The van der Waals surface area contributed by atoms with Gasteiger partial charge in [0.2, 0.25) is 11.9 Å². The van der Waals surface area contributed by atoms with Crippen LogP contribution in [-0.2, 0) is 4.79 Å². The number of anilines is 1. The van der Waals surface area contributed by atoms with Crippen LogP contribution >= 0.6 is 11.8 Å². The van der Waals surface area contributed by atoms with Crippen LogP contribution in [0.25, 0.3) is 0 Å². The molecule has 2 N–H and O–H groups in total. The van der Waals surface area contributed by atoms with Crippen molar-refractivity contribution >= 4 is 23.6 Å². The van der Waals surface area contributed by atoms with E-state index >= 15 is 0 Å². The molecular weight excluding hydrogens is 212 g/mol. The minimum atomic E-state index is -0.132. The Labute approximate surface area is 92.1 Å². The Kier molecular flexibility index (Phi) is 3.52. The highest BCUT2D eigenvalue weighted by molar-refractivity contribution is 7.99. The number of nitrogens with one attached hydrogen (secondary N) is 2. The van der Waals surface area contributed by atoms with Gasteiger partial charge in [0.1, 0.15) is 0 Å². The molecule has 1 aliphatic heterocycles. The maximum Gasteiger partial charge on any atom is 0.244 e. The van der Waals surface area contributed by atoms with Crippen molar-refractivity contribution in [3.8, 4) is 0 Å². The van der Waals surface area contributed by atoms with Crippen LogP contribution in [0.2, 0.25) is 0 Å². The average Bonchev–Trinajstić information content (AvgIpc) is 2.31. The van der Waals surface area contributed by atoms with Crippen molar-refractivity contribution in [2.24, 2.45) is 0 Å². The van der Waals surface area contributed by atoms with Crippen LogP contribution in [0.15, 0.2) is 18.5 Å². The number of aromatic nitrogens is 2. The first kappa shape index (κ1) is 10.4. The Morgan fingerprint density at radius 3 is 3.00 bits per heavy atom. The summed E-state index contributed by atoms with van der Waals surface area (Å²) in [6.07, 6.45) is 3.21. The highest BCUT2D eigenvalue weighted by atomic mass is 32.2. The summed E-state index contributed by atoms with van der Waals surface area (Å²) >= 11 is 1.78. The summed E-state index contributed by atoms with van der Waals surface area (Å²) in [7, 11) is 0. The van der Waals surface area contributed by atoms with Gasteiger partial charge in [0.15, 0.2) is 0 Å². The van der Waals surface area contributed by atoms with Gasteiger partial charge in [-0.25, -0.2) is 9.97 Å². The monoisotopic (exact) mass is 224 g/mol. The van der Waals surface area contributed by atoms with E-state index < -0.39 is 0 Å². The first-order valence-electron chi connectivity index (χ1n) is 4.75. The quantitative estimate of drug-likeness (QED) is 0.747. The zero-order chi connectivity index (χ0) is 10.5. The number of nitrogens with zero attached hydrogens (tertiary/aromatic N) is 2. The van der Waals surface area contributed by atoms with Crippen LogP contribution in [0.1, 0.15) is 0 Å². The second-order valence-electron chi connectivity index (χ2n) is 3.14. The third-order valence-corrected chi connectivity index (χ3v) is 3.10. The van der Waals surface area contributed by atoms with E-state index in [1.54, 1.807) is 30.2 Å². The van der Waals surface area contributed by atoms with Crippen LogP contribution in [-0.4, -0.2) is 40.0 Å². The minimum Gasteiger partial charge on any atom is -0.304 e. The lowest BCUT2D eigenvalue weighted by Gasteiger charge is -2.21. The van der Waals surface area contributed by atoms with Gasteiger partial charge in [0.05, 0.1) is 6.04 Å². The normalized spacial score (nSPS) is 20.9. The van der Waals surface area contributed by atoms with Gasteiger partial charge < -0.3 is 5.32 Å². The number of thioether (sulfide) groups is 1. The van der Waals surface area contributed by atoms with E-state index in [0.29, 0.717) is 5.95 Å². The molecule has 80 valence electrons. The molecule has 1 amide bonds. The van der Waals surface area contributed by atoms with Crippen molar-refractivity contribution in [3.63, 3.8) is 0 Å². The molecule has 1 fully saturated rings. The van der Waals surface area contributed by atoms with E-state index in [4.69, 9.17) is 0 Å². The second kappa shape index (κ2) is 5.09. The van der Waals surface area contributed by atoms with E-state index in [-0.39, 0.29) is 11.9 Å². The van der Waals surface area contributed by atoms with Crippen LogP contribution in [0.3, 0.4) is 0 Å². The summed E-state index contributed by atoms with van der Waals surface area (Å²) in [6, 6.07) is 1.58. The fourth-order valence-corrected chi connectivity index (χ4v) is 2.23. The summed E-state index contributed by atoms with van der Waals surface area (Å²) in [5.74, 6) is 2.16. The van der Waals surface area contributed by atoms with Crippen LogP contribution in [0.5, 0.6) is 0 Å². The van der Waals surface area contributed by atoms with Crippen LogP contribution in [0.4, 0.5) is 5.95 Å². The maximum absolute atomic E-state index is 11.7. The van der Waals surface area contributed by atoms with Gasteiger partial charge >= 0.3 is 0 Å². The van der Waals surface area contributed by atoms with Crippen molar-refractivity contribution in [1.82, 2.24) is 15.3 Å². The topological polar surface area (TPSA) is 66.9 Å². The van der Waals surface area contributed by atoms with Gasteiger partial charge in [-0.3, -0.25) is 10.1 Å². The molecule has 0 radical (unpaired) electrons. The third kappa shape index (κ3) is 2.90. The van der Waals surface area contributed by atoms with E-state index in [2.05, 4.69) is 20.6 Å². The zero-order valence-electron chi connectivity index (χ0n) is 8.14. The number of hydrogen-bond donors (Lipinski definition) is 2. The van der Waals surface area contributed by atoms with Gasteiger partial charge in [-0.2, -0.15) is 11.8 Å². The molecule has 1 aromatic heterocycles. The fourth-order valence-electron chi connectivity index (χ4n) is 1.29. The summed E-state index contributed by atoms with van der Waals surface area (Å²) in [5, 5.41) is 5.83. The van der Waals surface area contributed by atoms with Gasteiger partial charge in [-0.15, -0.1) is 0 Å². The molecule has 1 saturated heterocycles. The lowest BCUT2D eigenvalue weighted by molar-refractivity contribution is -0.117. The lowest BCUT2D eigenvalue weighted by atomic mass is 10.3. The Balaban J connectivity index is 1.91. The van der Waals surface area contributed by atoms with E-state index in [1.165, 1.54) is 0 Å². The van der Waals surface area contributed by atoms with Gasteiger partial charge in [-0.1, -0.05) is 0 Å². The molecule has 0 aliphatic carbocycles. The Hall–Kier alpha value is -1.14. The molecule has 0 aromatic carbocycles. The van der Waals surface area contributed by atoms with Gasteiger partial charge in [-0.05, 0) is 6.07 Å². The Morgan fingerprint density at radius 1 is 1.53 bits per heavy atom. The molecule has 1 aliphatic rings. The molecule has 15 heavy (non-hydrogen) atoms. The summed E-state index contributed by atoms with van der Waals surface area (Å²) < 4.78 is 0. The highest BCUT2D eigenvalue weighted by Crippen LogP contribution is 2.08. The molecule has 1 atom stereocenters. The molecule has 0 saturated carbocycles. The first-order chi connectivity index (χ1) is 7.36. The van der Waals surface area contributed by atoms with Gasteiger partial charge in [0.25, 0.3) is 0 Å². The highest BCUT2D eigenvalue weighted by Gasteiger charge is 2.21. The summed E-state index contributed by atoms with van der Waals surface area (Å²) in [6.45, 7) is 0.873. The molecular formula is C9H12N4OS. The van der Waals surface area contributed by atoms with Crippen molar-refractivity contribution in [2.75, 3.05) is 23.4 Å². The summed E-state index contributed by atoms with van der Waals surface area (Å²) in [4.78, 5) is 19.6. The number of hydrogen-bond acceptors (Lipinski definition) is 5. The van der Waals surface area contributed by atoms with Crippen molar-refractivity contribution in [3.05, 3.63) is 18.5 Å². The van der Waals surface area contributed by atoms with E-state index in [1.807, 2.05) is 0 Å². The van der Waals surface area contributed by atoms with Crippen LogP contribution < -0.4 is 10.6 Å². The molecule has 5 nitrogen and oxygen atoms in total. The second-order valence-corrected chi connectivity index (χ2v) is 4.29. The number of rotatable bonds is 2. The third-order valence-electron chi connectivity index (χ3n) is 2.04. The van der Waals surface area contributed by atoms with Crippen molar-refractivity contribution in [1.29, 1.82) is 0 Å². The zero-order valence-corrected chi connectivity index (χ0v) is 8.96. The molecule has 6 heteroatoms. The number of carbonyl (C=O) groups excluding carboxylic acids is 1. The summed E-state index contributed by atoms with van der Waals surface area (Å²) in [5.41, 5.74) is 0. The minimum absolute atomic E-state index is 0.0617. The lowest BCUT2D eigenvalue weighted by Crippen LogP contribution is -2.46. The molecule has 2 rings (SSSR count). The Morgan fingerprint density at radius 2 is 2.33 bits per heavy atom. The molecule has 1 unspecified atom stereocenters. The SMILES string of the molecule is O=C(Nc1ncccn1)C1CSCCN1. The number of carbonyl (C=O) groups is 1. The molecule has 1 aromatic rings. The standard InChI is InChI=1S/C9H12N4OS/c14-8(7-6-15-5-4-10-7)13-9-11-2-1-3-12-9/h1-3,7,10H,4-6H2,(H,11,12,13,14). The van der Waals surface area contributed by atoms with E-state index in [0.717, 1.165) is 18.1 Å². The molecule has 2 heterocycles. The Bertz CT molecular complexity index is 326.